The summed E-state index contributed by atoms with van der Waals surface area (Å²) >= 11 is 5.74. The van der Waals surface area contributed by atoms with Crippen molar-refractivity contribution in [2.75, 3.05) is 13.1 Å². The maximum Gasteiger partial charge on any atom is 0.255 e. The normalized spacial score (nSPS) is 19.1. The highest BCUT2D eigenvalue weighted by Crippen LogP contribution is 2.31. The Bertz CT molecular complexity index is 487. The van der Waals surface area contributed by atoms with Crippen molar-refractivity contribution in [1.82, 2.24) is 4.90 Å². The lowest BCUT2D eigenvalue weighted by atomic mass is 9.85. The molecule has 0 unspecified atom stereocenters. The SMILES string of the molecule is CC1(C)CCCN(C(=O)c2cc(I)ccc2Br)CC1. The lowest BCUT2D eigenvalue weighted by Crippen LogP contribution is -2.32. The van der Waals surface area contributed by atoms with E-state index in [1.807, 2.05) is 23.1 Å². The molecule has 0 aromatic heterocycles. The van der Waals surface area contributed by atoms with E-state index in [1.54, 1.807) is 0 Å². The number of likely N-dealkylation sites (tertiary alicyclic amines) is 1. The molecule has 104 valence electrons. The zero-order valence-electron chi connectivity index (χ0n) is 11.4. The van der Waals surface area contributed by atoms with E-state index in [1.165, 1.54) is 6.42 Å². The van der Waals surface area contributed by atoms with Crippen LogP contribution in [0, 0.1) is 8.99 Å². The van der Waals surface area contributed by atoms with Crippen molar-refractivity contribution in [2.45, 2.75) is 33.1 Å². The molecule has 2 rings (SSSR count). The number of halogens is 2. The zero-order chi connectivity index (χ0) is 14.0. The number of nitrogens with zero attached hydrogens (tertiary/aromatic N) is 1. The Balaban J connectivity index is 2.17. The quantitative estimate of drug-likeness (QED) is 0.585. The molecular formula is C15H19BrINO. The molecular weight excluding hydrogens is 417 g/mol. The smallest absolute Gasteiger partial charge is 0.255 e. The molecule has 1 amide bonds. The molecule has 1 aliphatic heterocycles. The van der Waals surface area contributed by atoms with Crippen molar-refractivity contribution >= 4 is 44.4 Å². The summed E-state index contributed by atoms with van der Waals surface area (Å²) in [5, 5.41) is 0. The number of hydrogen-bond donors (Lipinski definition) is 0. The Kier molecular flexibility index (Phi) is 4.93. The van der Waals surface area contributed by atoms with Gasteiger partial charge in [0.2, 0.25) is 0 Å². The van der Waals surface area contributed by atoms with Gasteiger partial charge in [-0.2, -0.15) is 0 Å². The van der Waals surface area contributed by atoms with Gasteiger partial charge in [0.25, 0.3) is 5.91 Å². The molecule has 1 saturated heterocycles. The summed E-state index contributed by atoms with van der Waals surface area (Å²) in [7, 11) is 0. The average molecular weight is 436 g/mol. The minimum absolute atomic E-state index is 0.156. The number of rotatable bonds is 1. The molecule has 1 aromatic rings. The summed E-state index contributed by atoms with van der Waals surface area (Å²) < 4.78 is 1.99. The van der Waals surface area contributed by atoms with E-state index in [-0.39, 0.29) is 5.91 Å². The van der Waals surface area contributed by atoms with Gasteiger partial charge in [-0.15, -0.1) is 0 Å². The van der Waals surface area contributed by atoms with Gasteiger partial charge in [-0.05, 0) is 81.4 Å². The molecule has 1 fully saturated rings. The first-order valence-corrected chi connectivity index (χ1v) is 8.51. The second kappa shape index (κ2) is 6.12. The fourth-order valence-electron chi connectivity index (χ4n) is 2.46. The van der Waals surface area contributed by atoms with Crippen LogP contribution < -0.4 is 0 Å². The molecule has 19 heavy (non-hydrogen) atoms. The molecule has 0 spiro atoms. The highest BCUT2D eigenvalue weighted by Gasteiger charge is 2.26. The average Bonchev–Trinajstić information content (AvgIpc) is 2.52. The number of amides is 1. The van der Waals surface area contributed by atoms with Crippen molar-refractivity contribution in [3.05, 3.63) is 31.8 Å². The zero-order valence-corrected chi connectivity index (χ0v) is 15.1. The fourth-order valence-corrected chi connectivity index (χ4v) is 3.37. The summed E-state index contributed by atoms with van der Waals surface area (Å²) in [4.78, 5) is 14.6. The number of carbonyl (C=O) groups is 1. The maximum atomic E-state index is 12.6. The Morgan fingerprint density at radius 3 is 2.79 bits per heavy atom. The molecule has 1 aromatic carbocycles. The van der Waals surface area contributed by atoms with Crippen LogP contribution in [0.2, 0.25) is 0 Å². The van der Waals surface area contributed by atoms with Crippen LogP contribution in [-0.2, 0) is 0 Å². The van der Waals surface area contributed by atoms with Gasteiger partial charge in [0, 0.05) is 21.1 Å². The van der Waals surface area contributed by atoms with Crippen LogP contribution in [0.3, 0.4) is 0 Å². The monoisotopic (exact) mass is 435 g/mol. The van der Waals surface area contributed by atoms with Crippen molar-refractivity contribution < 1.29 is 4.79 Å². The van der Waals surface area contributed by atoms with Gasteiger partial charge in [0.15, 0.2) is 0 Å². The van der Waals surface area contributed by atoms with Crippen LogP contribution in [0.1, 0.15) is 43.5 Å². The Labute approximate surface area is 137 Å². The summed E-state index contributed by atoms with van der Waals surface area (Å²) in [6.45, 7) is 6.33. The molecule has 0 saturated carbocycles. The molecule has 4 heteroatoms. The third-order valence-corrected chi connectivity index (χ3v) is 5.15. The molecule has 0 bridgehead atoms. The van der Waals surface area contributed by atoms with Gasteiger partial charge in [-0.1, -0.05) is 13.8 Å². The third kappa shape index (κ3) is 3.94. The van der Waals surface area contributed by atoms with Crippen molar-refractivity contribution in [3.63, 3.8) is 0 Å². The lowest BCUT2D eigenvalue weighted by molar-refractivity contribution is 0.0756. The van der Waals surface area contributed by atoms with Crippen LogP contribution in [0.5, 0.6) is 0 Å². The Hall–Kier alpha value is -0.100. The first kappa shape index (κ1) is 15.3. The van der Waals surface area contributed by atoms with Gasteiger partial charge in [-0.25, -0.2) is 0 Å². The topological polar surface area (TPSA) is 20.3 Å². The van der Waals surface area contributed by atoms with E-state index in [0.717, 1.165) is 39.5 Å². The number of hydrogen-bond acceptors (Lipinski definition) is 1. The van der Waals surface area contributed by atoms with Crippen LogP contribution in [0.25, 0.3) is 0 Å². The molecule has 0 N–H and O–H groups in total. The standard InChI is InChI=1S/C15H19BrINO/c1-15(2)6-3-8-18(9-7-15)14(19)12-10-11(17)4-5-13(12)16/h4-5,10H,3,6-9H2,1-2H3. The first-order valence-electron chi connectivity index (χ1n) is 6.63. The highest BCUT2D eigenvalue weighted by atomic mass is 127. The molecule has 0 atom stereocenters. The highest BCUT2D eigenvalue weighted by molar-refractivity contribution is 14.1. The van der Waals surface area contributed by atoms with Gasteiger partial charge >= 0.3 is 0 Å². The molecule has 0 aliphatic carbocycles. The minimum atomic E-state index is 0.156. The van der Waals surface area contributed by atoms with E-state index in [0.29, 0.717) is 5.41 Å². The van der Waals surface area contributed by atoms with E-state index in [2.05, 4.69) is 52.4 Å². The van der Waals surface area contributed by atoms with Crippen molar-refractivity contribution in [2.24, 2.45) is 5.41 Å². The van der Waals surface area contributed by atoms with Crippen LogP contribution in [0.4, 0.5) is 0 Å². The number of carbonyl (C=O) groups excluding carboxylic acids is 1. The van der Waals surface area contributed by atoms with Crippen LogP contribution in [-0.4, -0.2) is 23.9 Å². The molecule has 1 heterocycles. The van der Waals surface area contributed by atoms with Crippen LogP contribution >= 0.6 is 38.5 Å². The largest absolute Gasteiger partial charge is 0.339 e. The predicted octanol–water partition coefficient (Wildman–Crippen LogP) is 4.71. The van der Waals surface area contributed by atoms with Gasteiger partial charge in [0.1, 0.15) is 0 Å². The predicted molar refractivity (Wildman–Crippen MR) is 90.4 cm³/mol. The summed E-state index contributed by atoms with van der Waals surface area (Å²) in [6.07, 6.45) is 3.38. The molecule has 1 aliphatic rings. The van der Waals surface area contributed by atoms with Gasteiger partial charge in [0.05, 0.1) is 5.56 Å². The fraction of sp³-hybridized carbons (Fsp3) is 0.533. The van der Waals surface area contributed by atoms with Crippen molar-refractivity contribution in [1.29, 1.82) is 0 Å². The van der Waals surface area contributed by atoms with Crippen molar-refractivity contribution in [3.8, 4) is 0 Å². The minimum Gasteiger partial charge on any atom is -0.339 e. The van der Waals surface area contributed by atoms with E-state index in [4.69, 9.17) is 0 Å². The summed E-state index contributed by atoms with van der Waals surface area (Å²) in [5.74, 6) is 0.156. The Morgan fingerprint density at radius 2 is 2.05 bits per heavy atom. The van der Waals surface area contributed by atoms with Gasteiger partial charge < -0.3 is 4.90 Å². The first-order chi connectivity index (χ1) is 8.89. The number of benzene rings is 1. The third-order valence-electron chi connectivity index (χ3n) is 3.79. The second-order valence-electron chi connectivity index (χ2n) is 5.93. The maximum absolute atomic E-state index is 12.6. The lowest BCUT2D eigenvalue weighted by Gasteiger charge is -2.23. The van der Waals surface area contributed by atoms with E-state index < -0.39 is 0 Å². The second-order valence-corrected chi connectivity index (χ2v) is 8.03. The summed E-state index contributed by atoms with van der Waals surface area (Å²) in [6, 6.07) is 5.92. The molecule has 0 radical (unpaired) electrons. The van der Waals surface area contributed by atoms with Crippen LogP contribution in [0.15, 0.2) is 22.7 Å². The Morgan fingerprint density at radius 1 is 1.32 bits per heavy atom. The van der Waals surface area contributed by atoms with E-state index >= 15 is 0 Å². The van der Waals surface area contributed by atoms with Gasteiger partial charge in [-0.3, -0.25) is 4.79 Å². The van der Waals surface area contributed by atoms with E-state index in [9.17, 15) is 4.79 Å². The molecule has 2 nitrogen and oxygen atoms in total. The summed E-state index contributed by atoms with van der Waals surface area (Å²) in [5.41, 5.74) is 1.14.